The molecule has 1 aromatic heterocycles. The smallest absolute Gasteiger partial charge is 0.253 e. The van der Waals surface area contributed by atoms with Gasteiger partial charge in [0.25, 0.3) is 5.91 Å². The van der Waals surface area contributed by atoms with Gasteiger partial charge in [-0.3, -0.25) is 4.79 Å². The Morgan fingerprint density at radius 2 is 1.59 bits per heavy atom. The molecule has 3 aromatic carbocycles. The average Bonchev–Trinajstić information content (AvgIpc) is 2.90. The van der Waals surface area contributed by atoms with Crippen molar-refractivity contribution in [1.82, 2.24) is 14.9 Å². The number of amides is 1. The molecule has 1 aliphatic heterocycles. The summed E-state index contributed by atoms with van der Waals surface area (Å²) in [6.07, 6.45) is 3.71. The largest absolute Gasteiger partial charge is 0.339 e. The summed E-state index contributed by atoms with van der Waals surface area (Å²) in [7, 11) is 0. The maximum Gasteiger partial charge on any atom is 0.253 e. The van der Waals surface area contributed by atoms with Crippen LogP contribution in [0.5, 0.6) is 0 Å². The van der Waals surface area contributed by atoms with Crippen LogP contribution in [0.3, 0.4) is 0 Å². The molecule has 0 spiro atoms. The van der Waals surface area contributed by atoms with Crippen molar-refractivity contribution < 1.29 is 4.79 Å². The second-order valence-corrected chi connectivity index (χ2v) is 8.89. The van der Waals surface area contributed by atoms with Crippen molar-refractivity contribution >= 4 is 29.1 Å². The molecule has 1 aliphatic rings. The summed E-state index contributed by atoms with van der Waals surface area (Å²) in [6.45, 7) is 1.56. The molecule has 0 radical (unpaired) electrons. The maximum atomic E-state index is 13.0. The standard InChI is InChI=1S/C28H25ClN4O/c29-24-10-6-22(7-11-24)26-14-17-30-28(32-26)31-25-12-8-23(9-13-25)27(34)33-18-15-21(16-19-33)20-4-2-1-3-5-20/h1-14,17,21H,15-16,18-19H2,(H,30,31,32). The van der Waals surface area contributed by atoms with E-state index in [0.717, 1.165) is 42.9 Å². The average molecular weight is 469 g/mol. The van der Waals surface area contributed by atoms with Gasteiger partial charge in [-0.05, 0) is 66.8 Å². The predicted octanol–water partition coefficient (Wildman–Crippen LogP) is 6.56. The SMILES string of the molecule is O=C(c1ccc(Nc2nccc(-c3ccc(Cl)cc3)n2)cc1)N1CCC(c2ccccc2)CC1. The number of carbonyl (C=O) groups is 1. The summed E-state index contributed by atoms with van der Waals surface area (Å²) in [6, 6.07) is 27.5. The van der Waals surface area contributed by atoms with Gasteiger partial charge in [-0.2, -0.15) is 0 Å². The summed E-state index contributed by atoms with van der Waals surface area (Å²) in [4.78, 5) is 23.9. The molecule has 0 aliphatic carbocycles. The molecule has 0 unspecified atom stereocenters. The van der Waals surface area contributed by atoms with Crippen molar-refractivity contribution in [1.29, 1.82) is 0 Å². The van der Waals surface area contributed by atoms with Crippen LogP contribution in [0.25, 0.3) is 11.3 Å². The fraction of sp³-hybridized carbons (Fsp3) is 0.179. The summed E-state index contributed by atoms with van der Waals surface area (Å²) in [5.41, 5.74) is 4.66. The molecule has 6 heteroatoms. The Balaban J connectivity index is 1.21. The van der Waals surface area contributed by atoms with Crippen molar-refractivity contribution in [3.63, 3.8) is 0 Å². The molecule has 5 nitrogen and oxygen atoms in total. The van der Waals surface area contributed by atoms with E-state index in [2.05, 4.69) is 39.6 Å². The second kappa shape index (κ2) is 10.1. The van der Waals surface area contributed by atoms with E-state index >= 15 is 0 Å². The Kier molecular flexibility index (Phi) is 6.54. The van der Waals surface area contributed by atoms with Crippen molar-refractivity contribution in [3.8, 4) is 11.3 Å². The minimum atomic E-state index is 0.0825. The van der Waals surface area contributed by atoms with Crippen molar-refractivity contribution in [2.24, 2.45) is 0 Å². The molecule has 170 valence electrons. The van der Waals surface area contributed by atoms with E-state index < -0.39 is 0 Å². The van der Waals surface area contributed by atoms with Crippen LogP contribution < -0.4 is 5.32 Å². The molecule has 1 amide bonds. The number of nitrogens with one attached hydrogen (secondary N) is 1. The number of anilines is 2. The highest BCUT2D eigenvalue weighted by Gasteiger charge is 2.24. The van der Waals surface area contributed by atoms with Crippen LogP contribution in [0, 0.1) is 0 Å². The zero-order valence-corrected chi connectivity index (χ0v) is 19.4. The number of carbonyl (C=O) groups excluding carboxylic acids is 1. The molecule has 1 N–H and O–H groups in total. The molecule has 0 bridgehead atoms. The zero-order valence-electron chi connectivity index (χ0n) is 18.7. The number of likely N-dealkylation sites (tertiary alicyclic amines) is 1. The van der Waals surface area contributed by atoms with Gasteiger partial charge in [0.1, 0.15) is 0 Å². The highest BCUT2D eigenvalue weighted by molar-refractivity contribution is 6.30. The van der Waals surface area contributed by atoms with Gasteiger partial charge in [0, 0.05) is 41.1 Å². The third-order valence-corrected chi connectivity index (χ3v) is 6.49. The van der Waals surface area contributed by atoms with Crippen LogP contribution in [-0.4, -0.2) is 33.9 Å². The Morgan fingerprint density at radius 1 is 0.882 bits per heavy atom. The number of hydrogen-bond donors (Lipinski definition) is 1. The number of benzene rings is 3. The molecular formula is C28H25ClN4O. The molecular weight excluding hydrogens is 444 g/mol. The van der Waals surface area contributed by atoms with Gasteiger partial charge in [-0.1, -0.05) is 54.1 Å². The first kappa shape index (κ1) is 22.1. The lowest BCUT2D eigenvalue weighted by Gasteiger charge is -2.32. The van der Waals surface area contributed by atoms with E-state index in [-0.39, 0.29) is 5.91 Å². The van der Waals surface area contributed by atoms with Crippen LogP contribution in [0.4, 0.5) is 11.6 Å². The molecule has 0 atom stereocenters. The molecule has 0 saturated carbocycles. The predicted molar refractivity (Wildman–Crippen MR) is 137 cm³/mol. The summed E-state index contributed by atoms with van der Waals surface area (Å²) in [5.74, 6) is 1.11. The molecule has 34 heavy (non-hydrogen) atoms. The van der Waals surface area contributed by atoms with Crippen LogP contribution in [-0.2, 0) is 0 Å². The van der Waals surface area contributed by atoms with Gasteiger partial charge < -0.3 is 10.2 Å². The lowest BCUT2D eigenvalue weighted by molar-refractivity contribution is 0.0713. The van der Waals surface area contributed by atoms with Crippen LogP contribution >= 0.6 is 11.6 Å². The Bertz CT molecular complexity index is 1250. The van der Waals surface area contributed by atoms with Gasteiger partial charge in [0.2, 0.25) is 5.95 Å². The minimum absolute atomic E-state index is 0.0825. The first-order chi connectivity index (χ1) is 16.7. The Morgan fingerprint density at radius 3 is 2.29 bits per heavy atom. The molecule has 4 aromatic rings. The van der Waals surface area contributed by atoms with E-state index in [1.54, 1.807) is 6.20 Å². The first-order valence-electron chi connectivity index (χ1n) is 11.5. The number of aromatic nitrogens is 2. The van der Waals surface area contributed by atoms with E-state index in [0.29, 0.717) is 22.5 Å². The quantitative estimate of drug-likeness (QED) is 0.360. The Hall–Kier alpha value is -3.70. The number of nitrogens with zero attached hydrogens (tertiary/aromatic N) is 3. The van der Waals surface area contributed by atoms with Gasteiger partial charge in [0.15, 0.2) is 0 Å². The fourth-order valence-electron chi connectivity index (χ4n) is 4.35. The van der Waals surface area contributed by atoms with Crippen molar-refractivity contribution in [2.45, 2.75) is 18.8 Å². The van der Waals surface area contributed by atoms with Crippen molar-refractivity contribution in [2.75, 3.05) is 18.4 Å². The first-order valence-corrected chi connectivity index (χ1v) is 11.8. The number of hydrogen-bond acceptors (Lipinski definition) is 4. The Labute approximate surface area is 204 Å². The highest BCUT2D eigenvalue weighted by Crippen LogP contribution is 2.28. The highest BCUT2D eigenvalue weighted by atomic mass is 35.5. The minimum Gasteiger partial charge on any atom is -0.339 e. The summed E-state index contributed by atoms with van der Waals surface area (Å²) in [5, 5.41) is 3.91. The molecule has 1 fully saturated rings. The zero-order chi connectivity index (χ0) is 23.3. The maximum absolute atomic E-state index is 13.0. The van der Waals surface area contributed by atoms with Crippen LogP contribution in [0.15, 0.2) is 91.1 Å². The second-order valence-electron chi connectivity index (χ2n) is 8.45. The molecule has 1 saturated heterocycles. The van der Waals surface area contributed by atoms with E-state index in [1.165, 1.54) is 5.56 Å². The summed E-state index contributed by atoms with van der Waals surface area (Å²) >= 11 is 5.98. The number of rotatable bonds is 5. The topological polar surface area (TPSA) is 58.1 Å². The lowest BCUT2D eigenvalue weighted by atomic mass is 9.89. The summed E-state index contributed by atoms with van der Waals surface area (Å²) < 4.78 is 0. The lowest BCUT2D eigenvalue weighted by Crippen LogP contribution is -2.37. The van der Waals surface area contributed by atoms with Gasteiger partial charge in [-0.15, -0.1) is 0 Å². The number of piperidine rings is 1. The van der Waals surface area contributed by atoms with Crippen molar-refractivity contribution in [3.05, 3.63) is 107 Å². The van der Waals surface area contributed by atoms with Crippen LogP contribution in [0.2, 0.25) is 5.02 Å². The van der Waals surface area contributed by atoms with Gasteiger partial charge >= 0.3 is 0 Å². The monoisotopic (exact) mass is 468 g/mol. The molecule has 5 rings (SSSR count). The van der Waals surface area contributed by atoms with Gasteiger partial charge in [0.05, 0.1) is 5.69 Å². The van der Waals surface area contributed by atoms with Gasteiger partial charge in [-0.25, -0.2) is 9.97 Å². The third-order valence-electron chi connectivity index (χ3n) is 6.24. The van der Waals surface area contributed by atoms with E-state index in [1.807, 2.05) is 65.6 Å². The van der Waals surface area contributed by atoms with Crippen LogP contribution in [0.1, 0.15) is 34.7 Å². The molecule has 2 heterocycles. The fourth-order valence-corrected chi connectivity index (χ4v) is 4.48. The van der Waals surface area contributed by atoms with E-state index in [4.69, 9.17) is 11.6 Å². The normalized spacial score (nSPS) is 14.1. The number of halogens is 1. The van der Waals surface area contributed by atoms with E-state index in [9.17, 15) is 4.79 Å². The third kappa shape index (κ3) is 5.10.